The third kappa shape index (κ3) is 2.98. The van der Waals surface area contributed by atoms with E-state index in [2.05, 4.69) is 29.5 Å². The molecule has 1 atom stereocenters. The summed E-state index contributed by atoms with van der Waals surface area (Å²) < 4.78 is 1.85. The number of non-ortho nitro benzene ring substituents is 1. The molecule has 0 fully saturated rings. The van der Waals surface area contributed by atoms with E-state index in [-0.39, 0.29) is 17.8 Å². The summed E-state index contributed by atoms with van der Waals surface area (Å²) in [5.41, 5.74) is 2.65. The Bertz CT molecular complexity index is 826. The fourth-order valence-corrected chi connectivity index (χ4v) is 2.45. The van der Waals surface area contributed by atoms with Gasteiger partial charge in [-0.05, 0) is 30.2 Å². The van der Waals surface area contributed by atoms with Crippen molar-refractivity contribution in [3.05, 3.63) is 58.6 Å². The molecule has 1 unspecified atom stereocenters. The number of hydrogen-bond acceptors (Lipinski definition) is 5. The maximum atomic E-state index is 10.7. The zero-order valence-corrected chi connectivity index (χ0v) is 12.9. The molecule has 7 nitrogen and oxygen atoms in total. The predicted octanol–water partition coefficient (Wildman–Crippen LogP) is 3.61. The minimum Gasteiger partial charge on any atom is -0.363 e. The summed E-state index contributed by atoms with van der Waals surface area (Å²) >= 11 is 0. The van der Waals surface area contributed by atoms with Gasteiger partial charge in [0.1, 0.15) is 11.7 Å². The molecule has 23 heavy (non-hydrogen) atoms. The highest BCUT2D eigenvalue weighted by atomic mass is 16.6. The van der Waals surface area contributed by atoms with E-state index in [0.717, 1.165) is 16.7 Å². The number of benzene rings is 2. The van der Waals surface area contributed by atoms with Gasteiger partial charge in [0.05, 0.1) is 10.4 Å². The van der Waals surface area contributed by atoms with Gasteiger partial charge in [0.2, 0.25) is 0 Å². The lowest BCUT2D eigenvalue weighted by atomic mass is 10.1. The van der Waals surface area contributed by atoms with Crippen molar-refractivity contribution in [2.24, 2.45) is 5.92 Å². The van der Waals surface area contributed by atoms with Crippen molar-refractivity contribution in [3.8, 4) is 0 Å². The van der Waals surface area contributed by atoms with Gasteiger partial charge < -0.3 is 5.32 Å². The molecular formula is C16H17N5O2. The highest BCUT2D eigenvalue weighted by molar-refractivity contribution is 5.74. The van der Waals surface area contributed by atoms with E-state index >= 15 is 0 Å². The molecule has 118 valence electrons. The third-order valence-electron chi connectivity index (χ3n) is 3.67. The first-order valence-corrected chi connectivity index (χ1v) is 7.37. The second-order valence-corrected chi connectivity index (χ2v) is 5.66. The van der Waals surface area contributed by atoms with Crippen molar-refractivity contribution >= 4 is 22.4 Å². The summed E-state index contributed by atoms with van der Waals surface area (Å²) in [5, 5.41) is 22.6. The quantitative estimate of drug-likeness (QED) is 0.574. The number of nitro groups is 1. The van der Waals surface area contributed by atoms with E-state index in [1.54, 1.807) is 12.1 Å². The summed E-state index contributed by atoms with van der Waals surface area (Å²) in [4.78, 5) is 10.3. The molecule has 0 radical (unpaired) electrons. The van der Waals surface area contributed by atoms with Crippen LogP contribution >= 0.6 is 0 Å². The number of hydrogen-bond donors (Lipinski definition) is 1. The van der Waals surface area contributed by atoms with E-state index in [1.165, 1.54) is 12.1 Å². The maximum absolute atomic E-state index is 10.7. The number of para-hydroxylation sites is 1. The average Bonchev–Trinajstić information content (AvgIpc) is 2.96. The molecule has 0 aliphatic heterocycles. The molecule has 3 aromatic rings. The second-order valence-electron chi connectivity index (χ2n) is 5.66. The Labute approximate surface area is 133 Å². The van der Waals surface area contributed by atoms with Gasteiger partial charge >= 0.3 is 0 Å². The first-order chi connectivity index (χ1) is 11.1. The van der Waals surface area contributed by atoms with Crippen molar-refractivity contribution in [3.63, 3.8) is 0 Å². The Morgan fingerprint density at radius 3 is 2.48 bits per heavy atom. The minimum absolute atomic E-state index is 0.0721. The van der Waals surface area contributed by atoms with Gasteiger partial charge in [0, 0.05) is 17.8 Å². The van der Waals surface area contributed by atoms with Crippen molar-refractivity contribution in [1.29, 1.82) is 0 Å². The Hall–Kier alpha value is -2.96. The molecule has 1 N–H and O–H groups in total. The number of rotatable bonds is 5. The van der Waals surface area contributed by atoms with E-state index in [4.69, 9.17) is 0 Å². The van der Waals surface area contributed by atoms with Crippen LogP contribution in [-0.4, -0.2) is 19.9 Å². The average molecular weight is 311 g/mol. The van der Waals surface area contributed by atoms with Crippen LogP contribution in [0.1, 0.15) is 20.0 Å². The highest BCUT2D eigenvalue weighted by Crippen LogP contribution is 2.25. The number of fused-ring (bicyclic) bond motifs is 1. The van der Waals surface area contributed by atoms with Crippen molar-refractivity contribution in [2.45, 2.75) is 20.0 Å². The lowest BCUT2D eigenvalue weighted by molar-refractivity contribution is -0.384. The molecule has 0 spiro atoms. The lowest BCUT2D eigenvalue weighted by Gasteiger charge is -2.24. The highest BCUT2D eigenvalue weighted by Gasteiger charge is 2.19. The van der Waals surface area contributed by atoms with Crippen molar-refractivity contribution in [2.75, 3.05) is 5.32 Å². The SMILES string of the molecule is CC(C)C(Nc1ccc([N+](=O)[O-])cc1)n1nnc2ccccc21. The van der Waals surface area contributed by atoms with E-state index in [0.29, 0.717) is 0 Å². The Balaban J connectivity index is 1.92. The van der Waals surface area contributed by atoms with Gasteiger partial charge in [-0.15, -0.1) is 5.10 Å². The van der Waals surface area contributed by atoms with Gasteiger partial charge in [0.15, 0.2) is 0 Å². The van der Waals surface area contributed by atoms with Crippen LogP contribution in [-0.2, 0) is 0 Å². The molecule has 3 rings (SSSR count). The largest absolute Gasteiger partial charge is 0.363 e. The molecule has 0 amide bonds. The topological polar surface area (TPSA) is 85.9 Å². The first kappa shape index (κ1) is 15.0. The zero-order valence-electron chi connectivity index (χ0n) is 12.9. The third-order valence-corrected chi connectivity index (χ3v) is 3.67. The van der Waals surface area contributed by atoms with Crippen LogP contribution in [0.2, 0.25) is 0 Å². The van der Waals surface area contributed by atoms with Gasteiger partial charge in [-0.3, -0.25) is 10.1 Å². The Morgan fingerprint density at radius 2 is 1.83 bits per heavy atom. The summed E-state index contributed by atoms with van der Waals surface area (Å²) in [5.74, 6) is 0.246. The predicted molar refractivity (Wildman–Crippen MR) is 88.1 cm³/mol. The van der Waals surface area contributed by atoms with Gasteiger partial charge in [-0.1, -0.05) is 31.2 Å². The molecule has 0 saturated heterocycles. The van der Waals surface area contributed by atoms with Crippen molar-refractivity contribution < 1.29 is 4.92 Å². The molecule has 7 heteroatoms. The summed E-state index contributed by atoms with van der Waals surface area (Å²) in [6.07, 6.45) is -0.108. The molecule has 0 bridgehead atoms. The standard InChI is InChI=1S/C16H17N5O2/c1-11(2)16(17-12-7-9-13(10-8-12)21(22)23)20-15-6-4-3-5-14(15)18-19-20/h3-11,16-17H,1-2H3. The molecule has 0 aliphatic rings. The van der Waals surface area contributed by atoms with Crippen LogP contribution in [0.25, 0.3) is 11.0 Å². The van der Waals surface area contributed by atoms with Crippen molar-refractivity contribution in [1.82, 2.24) is 15.0 Å². The molecule has 1 heterocycles. The number of nitrogens with one attached hydrogen (secondary N) is 1. The van der Waals surface area contributed by atoms with Crippen LogP contribution in [0.3, 0.4) is 0 Å². The lowest BCUT2D eigenvalue weighted by Crippen LogP contribution is -2.24. The maximum Gasteiger partial charge on any atom is 0.269 e. The number of aromatic nitrogens is 3. The number of nitro benzene ring substituents is 1. The molecular weight excluding hydrogens is 294 g/mol. The van der Waals surface area contributed by atoms with E-state index in [9.17, 15) is 10.1 Å². The fourth-order valence-electron chi connectivity index (χ4n) is 2.45. The van der Waals surface area contributed by atoms with E-state index in [1.807, 2.05) is 28.9 Å². The van der Waals surface area contributed by atoms with Crippen LogP contribution in [0, 0.1) is 16.0 Å². The Morgan fingerprint density at radius 1 is 1.13 bits per heavy atom. The van der Waals surface area contributed by atoms with Crippen LogP contribution in [0.15, 0.2) is 48.5 Å². The zero-order chi connectivity index (χ0) is 16.4. The molecule has 1 aromatic heterocycles. The number of nitrogens with zero attached hydrogens (tertiary/aromatic N) is 4. The summed E-state index contributed by atoms with van der Waals surface area (Å²) in [6.45, 7) is 4.17. The summed E-state index contributed by atoms with van der Waals surface area (Å²) in [6, 6.07) is 14.1. The molecule has 0 saturated carbocycles. The minimum atomic E-state index is -0.408. The normalized spacial score (nSPS) is 12.5. The number of anilines is 1. The van der Waals surface area contributed by atoms with Gasteiger partial charge in [-0.2, -0.15) is 0 Å². The van der Waals surface area contributed by atoms with Gasteiger partial charge in [-0.25, -0.2) is 4.68 Å². The van der Waals surface area contributed by atoms with Crippen LogP contribution in [0.4, 0.5) is 11.4 Å². The monoisotopic (exact) mass is 311 g/mol. The Kier molecular flexibility index (Phi) is 3.92. The smallest absolute Gasteiger partial charge is 0.269 e. The van der Waals surface area contributed by atoms with Gasteiger partial charge in [0.25, 0.3) is 5.69 Å². The first-order valence-electron chi connectivity index (χ1n) is 7.37. The fraction of sp³-hybridized carbons (Fsp3) is 0.250. The van der Waals surface area contributed by atoms with E-state index < -0.39 is 4.92 Å². The summed E-state index contributed by atoms with van der Waals surface area (Å²) in [7, 11) is 0. The second kappa shape index (κ2) is 6.04. The van der Waals surface area contributed by atoms with Crippen LogP contribution < -0.4 is 5.32 Å². The molecule has 0 aliphatic carbocycles. The van der Waals surface area contributed by atoms with Crippen LogP contribution in [0.5, 0.6) is 0 Å². The molecule has 2 aromatic carbocycles.